The summed E-state index contributed by atoms with van der Waals surface area (Å²) in [4.78, 5) is 4.55. The van der Waals surface area contributed by atoms with E-state index >= 15 is 0 Å². The second-order valence-electron chi connectivity index (χ2n) is 5.86. The lowest BCUT2D eigenvalue weighted by Gasteiger charge is -2.23. The number of hydrogen-bond acceptors (Lipinski definition) is 7. The molecule has 2 rings (SSSR count). The number of nitrogens with zero attached hydrogens (tertiary/aromatic N) is 4. The number of aryl methyl sites for hydroxylation is 1. The fraction of sp³-hybridized carbons (Fsp3) is 0.846. The number of sulfone groups is 1. The van der Waals surface area contributed by atoms with Gasteiger partial charge in [0.1, 0.15) is 9.84 Å². The van der Waals surface area contributed by atoms with Gasteiger partial charge in [-0.2, -0.15) is 0 Å². The van der Waals surface area contributed by atoms with Gasteiger partial charge in [-0.15, -0.1) is 10.2 Å². The first-order valence-electron chi connectivity index (χ1n) is 7.23. The second kappa shape index (κ2) is 6.85. The van der Waals surface area contributed by atoms with E-state index < -0.39 is 9.84 Å². The highest BCUT2D eigenvalue weighted by Crippen LogP contribution is 2.16. The Labute approximate surface area is 126 Å². The molecule has 1 saturated heterocycles. The van der Waals surface area contributed by atoms with Crippen LogP contribution in [0.4, 0.5) is 0 Å². The van der Waals surface area contributed by atoms with Crippen molar-refractivity contribution in [1.82, 2.24) is 20.0 Å². The Morgan fingerprint density at radius 3 is 2.81 bits per heavy atom. The minimum absolute atomic E-state index is 0.269. The van der Waals surface area contributed by atoms with E-state index in [1.165, 1.54) is 6.26 Å². The van der Waals surface area contributed by atoms with E-state index in [0.29, 0.717) is 30.8 Å². The van der Waals surface area contributed by atoms with Crippen LogP contribution in [-0.4, -0.2) is 73.1 Å². The van der Waals surface area contributed by atoms with Gasteiger partial charge < -0.3 is 9.32 Å². The van der Waals surface area contributed by atoms with Crippen molar-refractivity contribution in [2.24, 2.45) is 0 Å². The molecule has 7 nitrogen and oxygen atoms in total. The van der Waals surface area contributed by atoms with Crippen molar-refractivity contribution >= 4 is 9.84 Å². The van der Waals surface area contributed by atoms with Crippen LogP contribution in [0.15, 0.2) is 4.42 Å². The summed E-state index contributed by atoms with van der Waals surface area (Å²) in [6, 6.07) is 0.454. The third-order valence-electron chi connectivity index (χ3n) is 3.81. The van der Waals surface area contributed by atoms with Crippen molar-refractivity contribution < 1.29 is 12.8 Å². The molecule has 2 heterocycles. The van der Waals surface area contributed by atoms with E-state index in [1.54, 1.807) is 6.92 Å². The largest absolute Gasteiger partial charge is 0.424 e. The monoisotopic (exact) mass is 316 g/mol. The highest BCUT2D eigenvalue weighted by atomic mass is 32.2. The Morgan fingerprint density at radius 2 is 2.19 bits per heavy atom. The van der Waals surface area contributed by atoms with Gasteiger partial charge in [0.25, 0.3) is 0 Å². The van der Waals surface area contributed by atoms with Gasteiger partial charge in [0, 0.05) is 25.8 Å². The molecule has 1 aromatic heterocycles. The summed E-state index contributed by atoms with van der Waals surface area (Å²) >= 11 is 0. The molecule has 0 aromatic carbocycles. The number of hydrogen-bond donors (Lipinski definition) is 0. The summed E-state index contributed by atoms with van der Waals surface area (Å²) in [5, 5.41) is 7.85. The molecule has 1 aromatic rings. The van der Waals surface area contributed by atoms with Crippen molar-refractivity contribution in [2.75, 3.05) is 38.7 Å². The molecule has 0 aliphatic carbocycles. The maximum atomic E-state index is 11.1. The van der Waals surface area contributed by atoms with Gasteiger partial charge in [-0.1, -0.05) is 0 Å². The Balaban J connectivity index is 1.74. The van der Waals surface area contributed by atoms with Crippen LogP contribution >= 0.6 is 0 Å². The zero-order valence-corrected chi connectivity index (χ0v) is 13.8. The topological polar surface area (TPSA) is 79.5 Å². The van der Waals surface area contributed by atoms with Crippen LogP contribution in [0.1, 0.15) is 24.6 Å². The molecule has 0 spiro atoms. The standard InChI is InChI=1S/C13H24N4O3S/c1-11-14-15-13(20-11)10-16(2)12-5-7-17(9-12)6-4-8-21(3,18)19/h12H,4-10H2,1-3H3. The van der Waals surface area contributed by atoms with E-state index in [2.05, 4.69) is 27.0 Å². The average molecular weight is 316 g/mol. The second-order valence-corrected chi connectivity index (χ2v) is 8.12. The molecule has 0 radical (unpaired) electrons. The molecule has 0 amide bonds. The number of aromatic nitrogens is 2. The molecule has 1 aliphatic rings. The lowest BCUT2D eigenvalue weighted by Crippen LogP contribution is -2.34. The zero-order chi connectivity index (χ0) is 15.5. The van der Waals surface area contributed by atoms with Gasteiger partial charge in [0.2, 0.25) is 11.8 Å². The molecule has 120 valence electrons. The van der Waals surface area contributed by atoms with Crippen LogP contribution in [-0.2, 0) is 16.4 Å². The van der Waals surface area contributed by atoms with Gasteiger partial charge >= 0.3 is 0 Å². The molecule has 1 atom stereocenters. The fourth-order valence-electron chi connectivity index (χ4n) is 2.67. The molecule has 1 unspecified atom stereocenters. The Morgan fingerprint density at radius 1 is 1.43 bits per heavy atom. The molecule has 0 N–H and O–H groups in total. The first-order chi connectivity index (χ1) is 9.83. The summed E-state index contributed by atoms with van der Waals surface area (Å²) in [7, 11) is -0.789. The van der Waals surface area contributed by atoms with Gasteiger partial charge in [0.15, 0.2) is 0 Å². The third kappa shape index (κ3) is 5.37. The molecular formula is C13H24N4O3S. The quantitative estimate of drug-likeness (QED) is 0.716. The molecule has 1 fully saturated rings. The summed E-state index contributed by atoms with van der Waals surface area (Å²) in [6.45, 7) is 5.27. The van der Waals surface area contributed by atoms with Crippen LogP contribution in [0.5, 0.6) is 0 Å². The van der Waals surface area contributed by atoms with E-state index in [-0.39, 0.29) is 5.75 Å². The molecule has 21 heavy (non-hydrogen) atoms. The minimum atomic E-state index is -2.85. The third-order valence-corrected chi connectivity index (χ3v) is 4.84. The number of likely N-dealkylation sites (N-methyl/N-ethyl adjacent to an activating group) is 1. The Kier molecular flexibility index (Phi) is 5.34. The van der Waals surface area contributed by atoms with Crippen molar-refractivity contribution in [2.45, 2.75) is 32.4 Å². The molecule has 8 heteroatoms. The molecule has 1 aliphatic heterocycles. The van der Waals surface area contributed by atoms with Crippen molar-refractivity contribution in [3.8, 4) is 0 Å². The van der Waals surface area contributed by atoms with Crippen LogP contribution in [0, 0.1) is 6.92 Å². The van der Waals surface area contributed by atoms with Crippen LogP contribution in [0.3, 0.4) is 0 Å². The lowest BCUT2D eigenvalue weighted by molar-refractivity contribution is 0.206. The SMILES string of the molecule is Cc1nnc(CN(C)C2CCN(CCCS(C)(=O)=O)C2)o1. The molecule has 0 saturated carbocycles. The van der Waals surface area contributed by atoms with E-state index in [0.717, 1.165) is 26.1 Å². The molecule has 0 bridgehead atoms. The van der Waals surface area contributed by atoms with E-state index in [4.69, 9.17) is 4.42 Å². The predicted octanol–water partition coefficient (Wildman–Crippen LogP) is 0.319. The highest BCUT2D eigenvalue weighted by molar-refractivity contribution is 7.90. The van der Waals surface area contributed by atoms with Crippen molar-refractivity contribution in [3.05, 3.63) is 11.8 Å². The average Bonchev–Trinajstić information content (AvgIpc) is 2.97. The molecular weight excluding hydrogens is 292 g/mol. The van der Waals surface area contributed by atoms with Crippen molar-refractivity contribution in [3.63, 3.8) is 0 Å². The first-order valence-corrected chi connectivity index (χ1v) is 9.29. The van der Waals surface area contributed by atoms with Crippen molar-refractivity contribution in [1.29, 1.82) is 0 Å². The summed E-state index contributed by atoms with van der Waals surface area (Å²) in [5.41, 5.74) is 0. The summed E-state index contributed by atoms with van der Waals surface area (Å²) in [6.07, 6.45) is 3.08. The van der Waals surface area contributed by atoms with Gasteiger partial charge in [-0.3, -0.25) is 4.90 Å². The smallest absolute Gasteiger partial charge is 0.230 e. The van der Waals surface area contributed by atoms with Gasteiger partial charge in [0.05, 0.1) is 12.3 Å². The van der Waals surface area contributed by atoms with Crippen LogP contribution < -0.4 is 0 Å². The normalized spacial score (nSPS) is 20.5. The highest BCUT2D eigenvalue weighted by Gasteiger charge is 2.26. The summed E-state index contributed by atoms with van der Waals surface area (Å²) in [5.74, 6) is 1.50. The minimum Gasteiger partial charge on any atom is -0.424 e. The number of likely N-dealkylation sites (tertiary alicyclic amines) is 1. The fourth-order valence-corrected chi connectivity index (χ4v) is 3.32. The predicted molar refractivity (Wildman–Crippen MR) is 79.7 cm³/mol. The Hall–Kier alpha value is -0.990. The maximum Gasteiger partial charge on any atom is 0.230 e. The zero-order valence-electron chi connectivity index (χ0n) is 12.9. The van der Waals surface area contributed by atoms with Crippen LogP contribution in [0.2, 0.25) is 0 Å². The first kappa shape index (κ1) is 16.4. The Bertz CT molecular complexity index is 558. The van der Waals surface area contributed by atoms with E-state index in [1.807, 2.05) is 0 Å². The van der Waals surface area contributed by atoms with Gasteiger partial charge in [-0.05, 0) is 33.0 Å². The van der Waals surface area contributed by atoms with Crippen LogP contribution in [0.25, 0.3) is 0 Å². The van der Waals surface area contributed by atoms with Gasteiger partial charge in [-0.25, -0.2) is 8.42 Å². The number of rotatable bonds is 7. The maximum absolute atomic E-state index is 11.1. The van der Waals surface area contributed by atoms with E-state index in [9.17, 15) is 8.42 Å². The lowest BCUT2D eigenvalue weighted by atomic mass is 10.2. The summed E-state index contributed by atoms with van der Waals surface area (Å²) < 4.78 is 27.7.